The smallest absolute Gasteiger partial charge is 0.115 e. The van der Waals surface area contributed by atoms with Crippen molar-refractivity contribution in [1.82, 2.24) is 0 Å². The Kier molecular flexibility index (Phi) is 8.31. The third-order valence-electron chi connectivity index (χ3n) is 8.21. The van der Waals surface area contributed by atoms with Crippen LogP contribution in [0, 0.1) is 0 Å². The zero-order valence-corrected chi connectivity index (χ0v) is 21.8. The highest BCUT2D eigenvalue weighted by molar-refractivity contribution is 5.14. The van der Waals surface area contributed by atoms with E-state index in [9.17, 15) is 10.2 Å². The lowest BCUT2D eigenvalue weighted by Crippen LogP contribution is -2.62. The summed E-state index contributed by atoms with van der Waals surface area (Å²) >= 11 is 0. The molecule has 3 heterocycles. The number of aliphatic hydroxyl groups excluding tert-OH is 2. The van der Waals surface area contributed by atoms with Crippen LogP contribution in [0.5, 0.6) is 0 Å². The zero-order chi connectivity index (χ0) is 25.9. The van der Waals surface area contributed by atoms with Crippen LogP contribution < -0.4 is 0 Å². The molecule has 3 aliphatic heterocycles. The highest BCUT2D eigenvalue weighted by Gasteiger charge is 2.55. The first-order valence-corrected chi connectivity index (χ1v) is 13.5. The van der Waals surface area contributed by atoms with E-state index in [0.717, 1.165) is 17.5 Å². The Labute approximate surface area is 219 Å². The van der Waals surface area contributed by atoms with Gasteiger partial charge in [0.1, 0.15) is 11.7 Å². The van der Waals surface area contributed by atoms with Gasteiger partial charge in [-0.15, -0.1) is 0 Å². The summed E-state index contributed by atoms with van der Waals surface area (Å²) in [6, 6.07) is 20.3. The summed E-state index contributed by atoms with van der Waals surface area (Å²) < 4.78 is 32.1. The van der Waals surface area contributed by atoms with Crippen LogP contribution in [0.2, 0.25) is 0 Å². The number of rotatable bonds is 8. The van der Waals surface area contributed by atoms with Gasteiger partial charge in [0.2, 0.25) is 0 Å². The molecule has 0 aromatic heterocycles. The maximum atomic E-state index is 10.7. The van der Waals surface area contributed by atoms with Crippen molar-refractivity contribution in [3.05, 3.63) is 71.8 Å². The minimum atomic E-state index is -1.000. The topological polar surface area (TPSA) is 86.6 Å². The van der Waals surface area contributed by atoms with Gasteiger partial charge in [-0.2, -0.15) is 0 Å². The second-order valence-electron chi connectivity index (χ2n) is 11.1. The van der Waals surface area contributed by atoms with Gasteiger partial charge in [-0.1, -0.05) is 60.7 Å². The van der Waals surface area contributed by atoms with Crippen molar-refractivity contribution in [3.63, 3.8) is 0 Å². The van der Waals surface area contributed by atoms with Crippen molar-refractivity contribution in [2.24, 2.45) is 0 Å². The van der Waals surface area contributed by atoms with Crippen molar-refractivity contribution in [2.45, 2.75) is 101 Å². The molecule has 0 aliphatic carbocycles. The summed E-state index contributed by atoms with van der Waals surface area (Å²) in [4.78, 5) is 0. The molecule has 0 amide bonds. The Balaban J connectivity index is 1.29. The first kappa shape index (κ1) is 26.8. The molecular formula is C30H40O7. The highest BCUT2D eigenvalue weighted by atomic mass is 16.6. The number of hydrogen-bond donors (Lipinski definition) is 2. The molecule has 3 saturated heterocycles. The zero-order valence-electron chi connectivity index (χ0n) is 21.8. The summed E-state index contributed by atoms with van der Waals surface area (Å²) in [7, 11) is 0. The number of aliphatic hydroxyl groups is 2. The molecule has 37 heavy (non-hydrogen) atoms. The molecule has 0 spiro atoms. The second-order valence-corrected chi connectivity index (χ2v) is 11.1. The first-order valence-electron chi connectivity index (χ1n) is 13.5. The average Bonchev–Trinajstić information content (AvgIpc) is 3.04. The van der Waals surface area contributed by atoms with Gasteiger partial charge < -0.3 is 33.9 Å². The maximum absolute atomic E-state index is 10.7. The quantitative estimate of drug-likeness (QED) is 0.557. The van der Waals surface area contributed by atoms with Crippen LogP contribution in [0.25, 0.3) is 0 Å². The molecule has 202 valence electrons. The lowest BCUT2D eigenvalue weighted by Gasteiger charge is -2.51. The summed E-state index contributed by atoms with van der Waals surface area (Å²) in [6.07, 6.45) is 0.759. The molecular weight excluding hydrogens is 472 g/mol. The summed E-state index contributed by atoms with van der Waals surface area (Å²) in [5.74, 6) is 0. The van der Waals surface area contributed by atoms with Crippen LogP contribution in [-0.4, -0.2) is 71.3 Å². The Morgan fingerprint density at radius 3 is 2.24 bits per heavy atom. The third kappa shape index (κ3) is 6.09. The molecule has 0 bridgehead atoms. The normalized spacial score (nSPS) is 37.8. The van der Waals surface area contributed by atoms with E-state index in [1.807, 2.05) is 43.3 Å². The van der Waals surface area contributed by atoms with E-state index >= 15 is 0 Å². The van der Waals surface area contributed by atoms with E-state index in [-0.39, 0.29) is 37.1 Å². The molecule has 2 N–H and O–H groups in total. The molecule has 7 heteroatoms. The third-order valence-corrected chi connectivity index (χ3v) is 8.21. The Bertz CT molecular complexity index is 988. The number of ether oxygens (including phenoxy) is 5. The van der Waals surface area contributed by atoms with E-state index in [1.54, 1.807) is 6.92 Å². The van der Waals surface area contributed by atoms with Crippen LogP contribution in [0.4, 0.5) is 0 Å². The average molecular weight is 513 g/mol. The van der Waals surface area contributed by atoms with E-state index < -0.39 is 17.3 Å². The molecule has 3 aliphatic rings. The Hall–Kier alpha value is -1.84. The van der Waals surface area contributed by atoms with Gasteiger partial charge in [0.05, 0.1) is 62.5 Å². The molecule has 8 atom stereocenters. The monoisotopic (exact) mass is 512 g/mol. The fraction of sp³-hybridized carbons (Fsp3) is 0.600. The van der Waals surface area contributed by atoms with Crippen molar-refractivity contribution < 1.29 is 33.9 Å². The summed E-state index contributed by atoms with van der Waals surface area (Å²) in [6.45, 7) is 4.98. The van der Waals surface area contributed by atoms with Crippen LogP contribution in [0.15, 0.2) is 60.7 Å². The standard InChI is InChI=1S/C30H40O7/c1-29-14-13-23-25(36-28(29)16-27(32)30(2,20-31)37-29)15-24(34-18-22-11-7-4-8-12-22)26(35-23)19-33-17-21-9-5-3-6-10-21/h3-12,23-28,31-32H,13-20H2,1-2H3/t23-,24-,25+,26+,27+,28-,29+,30-/m0/s1. The van der Waals surface area contributed by atoms with Gasteiger partial charge in [-0.25, -0.2) is 0 Å². The predicted molar refractivity (Wildman–Crippen MR) is 138 cm³/mol. The van der Waals surface area contributed by atoms with E-state index in [1.165, 1.54) is 0 Å². The van der Waals surface area contributed by atoms with Gasteiger partial charge >= 0.3 is 0 Å². The highest BCUT2D eigenvalue weighted by Crippen LogP contribution is 2.45. The SMILES string of the molecule is C[C@@]12CC[C@@H]3O[C@H](COCc4ccccc4)[C@@H](OCc4ccccc4)C[C@H]3O[C@H]1C[C@@H](O)[C@](C)(CO)O2. The fourth-order valence-electron chi connectivity index (χ4n) is 5.85. The first-order chi connectivity index (χ1) is 17.9. The molecule has 0 saturated carbocycles. The van der Waals surface area contributed by atoms with Crippen LogP contribution in [-0.2, 0) is 36.9 Å². The second kappa shape index (κ2) is 11.5. The van der Waals surface area contributed by atoms with Gasteiger partial charge in [-0.05, 0) is 37.8 Å². The lowest BCUT2D eigenvalue weighted by atomic mass is 9.80. The molecule has 0 unspecified atom stereocenters. The van der Waals surface area contributed by atoms with Gasteiger partial charge in [-0.3, -0.25) is 0 Å². The van der Waals surface area contributed by atoms with Crippen molar-refractivity contribution in [3.8, 4) is 0 Å². The molecule has 5 rings (SSSR count). The van der Waals surface area contributed by atoms with E-state index in [2.05, 4.69) is 24.3 Å². The van der Waals surface area contributed by atoms with Crippen molar-refractivity contribution in [1.29, 1.82) is 0 Å². The summed E-state index contributed by atoms with van der Waals surface area (Å²) in [5.41, 5.74) is 0.613. The Morgan fingerprint density at radius 1 is 0.892 bits per heavy atom. The van der Waals surface area contributed by atoms with Gasteiger partial charge in [0.15, 0.2) is 0 Å². The number of fused-ring (bicyclic) bond motifs is 2. The predicted octanol–water partition coefficient (Wildman–Crippen LogP) is 3.78. The minimum Gasteiger partial charge on any atom is -0.393 e. The molecule has 7 nitrogen and oxygen atoms in total. The van der Waals surface area contributed by atoms with Crippen molar-refractivity contribution in [2.75, 3.05) is 13.2 Å². The molecule has 2 aromatic carbocycles. The van der Waals surface area contributed by atoms with Crippen LogP contribution in [0.1, 0.15) is 50.7 Å². The van der Waals surface area contributed by atoms with E-state index in [4.69, 9.17) is 23.7 Å². The maximum Gasteiger partial charge on any atom is 0.115 e. The van der Waals surface area contributed by atoms with E-state index in [0.29, 0.717) is 39.1 Å². The Morgan fingerprint density at radius 2 is 1.57 bits per heavy atom. The lowest BCUT2D eigenvalue weighted by molar-refractivity contribution is -0.290. The molecule has 3 fully saturated rings. The molecule has 0 radical (unpaired) electrons. The van der Waals surface area contributed by atoms with Gasteiger partial charge in [0.25, 0.3) is 0 Å². The summed E-state index contributed by atoms with van der Waals surface area (Å²) in [5, 5.41) is 20.6. The minimum absolute atomic E-state index is 0.120. The fourth-order valence-corrected chi connectivity index (χ4v) is 5.85. The van der Waals surface area contributed by atoms with Crippen LogP contribution in [0.3, 0.4) is 0 Å². The van der Waals surface area contributed by atoms with Crippen molar-refractivity contribution >= 4 is 0 Å². The van der Waals surface area contributed by atoms with Gasteiger partial charge in [0, 0.05) is 12.8 Å². The largest absolute Gasteiger partial charge is 0.393 e. The number of hydrogen-bond acceptors (Lipinski definition) is 7. The molecule has 2 aromatic rings. The van der Waals surface area contributed by atoms with Crippen LogP contribution >= 0.6 is 0 Å². The number of benzene rings is 2.